The maximum absolute atomic E-state index is 15.0. The number of halogens is 1. The lowest BCUT2D eigenvalue weighted by Gasteiger charge is -2.28. The molecule has 2 saturated heterocycles. The van der Waals surface area contributed by atoms with Gasteiger partial charge in [-0.3, -0.25) is 5.10 Å². The molecule has 2 aliphatic rings. The molecule has 4 aromatic rings. The molecule has 9 heteroatoms. The third kappa shape index (κ3) is 3.05. The highest BCUT2D eigenvalue weighted by molar-refractivity contribution is 7.17. The number of nitrogens with one attached hydrogen (secondary N) is 2. The van der Waals surface area contributed by atoms with E-state index in [2.05, 4.69) is 30.7 Å². The topological polar surface area (TPSA) is 88.6 Å². The predicted octanol–water partition coefficient (Wildman–Crippen LogP) is 3.94. The summed E-state index contributed by atoms with van der Waals surface area (Å²) >= 11 is 1.45. The van der Waals surface area contributed by atoms with E-state index in [4.69, 9.17) is 4.74 Å². The largest absolute Gasteiger partial charge is 0.473 e. The highest BCUT2D eigenvalue weighted by Crippen LogP contribution is 2.38. The molecule has 6 rings (SSSR count). The van der Waals surface area contributed by atoms with Crippen molar-refractivity contribution in [2.24, 2.45) is 0 Å². The van der Waals surface area contributed by atoms with Crippen LogP contribution in [-0.2, 0) is 0 Å². The number of aromatic amines is 1. The zero-order chi connectivity index (χ0) is 20.1. The van der Waals surface area contributed by atoms with Crippen molar-refractivity contribution in [1.82, 2.24) is 30.7 Å². The van der Waals surface area contributed by atoms with Crippen molar-refractivity contribution in [2.45, 2.75) is 43.9 Å². The number of aromatic nitrogens is 5. The first kappa shape index (κ1) is 17.9. The van der Waals surface area contributed by atoms with Crippen molar-refractivity contribution >= 4 is 21.6 Å². The fraction of sp³-hybridized carbons (Fsp3) is 0.333. The van der Waals surface area contributed by atoms with Crippen molar-refractivity contribution in [2.75, 3.05) is 0 Å². The van der Waals surface area contributed by atoms with Crippen molar-refractivity contribution in [3.63, 3.8) is 0 Å². The molecule has 0 amide bonds. The van der Waals surface area contributed by atoms with Crippen LogP contribution < -0.4 is 10.1 Å². The van der Waals surface area contributed by atoms with Crippen LogP contribution in [0.2, 0.25) is 0 Å². The Balaban J connectivity index is 1.31. The second kappa shape index (κ2) is 7.10. The van der Waals surface area contributed by atoms with Crippen LogP contribution in [0, 0.1) is 5.82 Å². The number of rotatable bonds is 4. The van der Waals surface area contributed by atoms with Crippen LogP contribution in [0.3, 0.4) is 0 Å². The van der Waals surface area contributed by atoms with Gasteiger partial charge in [-0.25, -0.2) is 9.37 Å². The van der Waals surface area contributed by atoms with Gasteiger partial charge >= 0.3 is 0 Å². The summed E-state index contributed by atoms with van der Waals surface area (Å²) in [6.07, 6.45) is 7.88. The van der Waals surface area contributed by atoms with Gasteiger partial charge in [0.1, 0.15) is 11.9 Å². The zero-order valence-corrected chi connectivity index (χ0v) is 16.8. The molecule has 3 aromatic heterocycles. The first-order valence-electron chi connectivity index (χ1n) is 10.1. The van der Waals surface area contributed by atoms with Gasteiger partial charge in [-0.15, -0.1) is 21.5 Å². The Bertz CT molecular complexity index is 1180. The van der Waals surface area contributed by atoms with Gasteiger partial charge in [0, 0.05) is 41.0 Å². The van der Waals surface area contributed by atoms with E-state index in [0.717, 1.165) is 17.5 Å². The molecular formula is C21H19FN6OS. The quantitative estimate of drug-likeness (QED) is 0.518. The van der Waals surface area contributed by atoms with Gasteiger partial charge in [0.25, 0.3) is 0 Å². The minimum Gasteiger partial charge on any atom is -0.473 e. The summed E-state index contributed by atoms with van der Waals surface area (Å²) in [5, 5.41) is 18.9. The molecule has 0 saturated carbocycles. The standard InChI is InChI=1S/C21H19FN6OS/c22-16-7-15(21-20(23-10-30-21)19(16)11-8-24-25-9-11)17-3-4-18(28-27-17)29-14-5-12-1-2-13(6-14)26-12/h3-4,7-10,12-14,26H,1-2,5-6H2,(H,24,25)/t12-,13+,14?. The molecule has 0 aliphatic carbocycles. The third-order valence-electron chi connectivity index (χ3n) is 5.98. The van der Waals surface area contributed by atoms with E-state index in [1.165, 1.54) is 30.2 Å². The van der Waals surface area contributed by atoms with Gasteiger partial charge < -0.3 is 10.1 Å². The number of piperidine rings is 1. The fourth-order valence-electron chi connectivity index (χ4n) is 4.64. The molecule has 0 spiro atoms. The first-order chi connectivity index (χ1) is 14.7. The summed E-state index contributed by atoms with van der Waals surface area (Å²) in [6, 6.07) is 6.26. The summed E-state index contributed by atoms with van der Waals surface area (Å²) in [4.78, 5) is 4.39. The SMILES string of the molecule is Fc1cc(-c2ccc(OC3C[C@H]4CC[C@@H](C3)N4)nn2)c2scnc2c1-c1cn[nH]c1. The number of hydrogen-bond donors (Lipinski definition) is 2. The van der Waals surface area contributed by atoms with E-state index in [1.54, 1.807) is 17.9 Å². The third-order valence-corrected chi connectivity index (χ3v) is 6.84. The molecule has 3 atom stereocenters. The van der Waals surface area contributed by atoms with Crippen LogP contribution in [0.5, 0.6) is 5.88 Å². The number of fused-ring (bicyclic) bond motifs is 3. The highest BCUT2D eigenvalue weighted by Gasteiger charge is 2.34. The van der Waals surface area contributed by atoms with Gasteiger partial charge in [0.2, 0.25) is 5.88 Å². The average Bonchev–Trinajstić information content (AvgIpc) is 3.50. The van der Waals surface area contributed by atoms with Gasteiger partial charge in [0.05, 0.1) is 27.6 Å². The summed E-state index contributed by atoms with van der Waals surface area (Å²) in [5.74, 6) is 0.151. The van der Waals surface area contributed by atoms with Crippen molar-refractivity contribution < 1.29 is 9.13 Å². The van der Waals surface area contributed by atoms with Crippen LogP contribution in [0.15, 0.2) is 36.1 Å². The lowest BCUT2D eigenvalue weighted by molar-refractivity contribution is 0.130. The molecule has 7 nitrogen and oxygen atoms in total. The van der Waals surface area contributed by atoms with Crippen LogP contribution in [-0.4, -0.2) is 43.6 Å². The van der Waals surface area contributed by atoms with Gasteiger partial charge in [-0.05, 0) is 37.8 Å². The second-order valence-electron chi connectivity index (χ2n) is 7.90. The fourth-order valence-corrected chi connectivity index (χ4v) is 5.46. The minimum atomic E-state index is -0.364. The van der Waals surface area contributed by atoms with Crippen molar-refractivity contribution in [1.29, 1.82) is 0 Å². The van der Waals surface area contributed by atoms with Crippen LogP contribution >= 0.6 is 11.3 Å². The number of nitrogens with zero attached hydrogens (tertiary/aromatic N) is 4. The zero-order valence-electron chi connectivity index (χ0n) is 16.0. The van der Waals surface area contributed by atoms with Crippen LogP contribution in [0.4, 0.5) is 4.39 Å². The Morgan fingerprint density at radius 3 is 2.73 bits per heavy atom. The summed E-state index contributed by atoms with van der Waals surface area (Å²) in [7, 11) is 0. The van der Waals surface area contributed by atoms with E-state index in [0.29, 0.717) is 45.9 Å². The number of H-pyrrole nitrogens is 1. The average molecular weight is 422 g/mol. The maximum atomic E-state index is 15.0. The van der Waals surface area contributed by atoms with Gasteiger partial charge in [-0.1, -0.05) is 0 Å². The number of ether oxygens (including phenoxy) is 1. The summed E-state index contributed by atoms with van der Waals surface area (Å²) < 4.78 is 22.0. The van der Waals surface area contributed by atoms with Crippen molar-refractivity contribution in [3.05, 3.63) is 41.9 Å². The summed E-state index contributed by atoms with van der Waals surface area (Å²) in [5.41, 5.74) is 4.70. The van der Waals surface area contributed by atoms with Crippen LogP contribution in [0.25, 0.3) is 32.6 Å². The lowest BCUT2D eigenvalue weighted by Crippen LogP contribution is -2.42. The number of thiazole rings is 1. The predicted molar refractivity (Wildman–Crippen MR) is 112 cm³/mol. The normalized spacial score (nSPS) is 23.2. The Labute approximate surface area is 175 Å². The Kier molecular flexibility index (Phi) is 4.24. The van der Waals surface area contributed by atoms with Gasteiger partial charge in [-0.2, -0.15) is 5.10 Å². The molecule has 0 radical (unpaired) electrons. The molecular weight excluding hydrogens is 403 g/mol. The number of hydrogen-bond acceptors (Lipinski definition) is 7. The molecule has 30 heavy (non-hydrogen) atoms. The molecule has 1 aromatic carbocycles. The molecule has 152 valence electrons. The smallest absolute Gasteiger partial charge is 0.233 e. The molecule has 2 fully saturated rings. The van der Waals surface area contributed by atoms with E-state index in [9.17, 15) is 0 Å². The van der Waals surface area contributed by atoms with Gasteiger partial charge in [0.15, 0.2) is 0 Å². The Morgan fingerprint density at radius 1 is 1.13 bits per heavy atom. The first-order valence-corrected chi connectivity index (χ1v) is 10.9. The monoisotopic (exact) mass is 422 g/mol. The molecule has 2 aliphatic heterocycles. The van der Waals surface area contributed by atoms with E-state index in [-0.39, 0.29) is 11.9 Å². The van der Waals surface area contributed by atoms with Crippen LogP contribution in [0.1, 0.15) is 25.7 Å². The molecule has 2 bridgehead atoms. The lowest BCUT2D eigenvalue weighted by atomic mass is 10.0. The van der Waals surface area contributed by atoms with E-state index >= 15 is 4.39 Å². The molecule has 2 N–H and O–H groups in total. The maximum Gasteiger partial charge on any atom is 0.233 e. The second-order valence-corrected chi connectivity index (χ2v) is 8.76. The Hall–Kier alpha value is -2.91. The van der Waals surface area contributed by atoms with Crippen molar-refractivity contribution in [3.8, 4) is 28.3 Å². The Morgan fingerprint density at radius 2 is 2.00 bits per heavy atom. The highest BCUT2D eigenvalue weighted by atomic mass is 32.1. The minimum absolute atomic E-state index is 0.170. The number of benzene rings is 1. The molecule has 5 heterocycles. The summed E-state index contributed by atoms with van der Waals surface area (Å²) in [6.45, 7) is 0. The molecule has 1 unspecified atom stereocenters. The van der Waals surface area contributed by atoms with E-state index in [1.807, 2.05) is 12.1 Å². The van der Waals surface area contributed by atoms with E-state index < -0.39 is 0 Å².